The Morgan fingerprint density at radius 3 is 0.406 bits per heavy atom. The van der Waals surface area contributed by atoms with Gasteiger partial charge in [0.15, 0.2) is 0 Å². The van der Waals surface area contributed by atoms with Crippen LogP contribution < -0.4 is 0 Å². The summed E-state index contributed by atoms with van der Waals surface area (Å²) in [5.74, 6) is 0. The van der Waals surface area contributed by atoms with Gasteiger partial charge in [-0.05, 0) is 0 Å². The minimum atomic E-state index is -6.78. The monoisotopic (exact) mass is 548 g/mol. The summed E-state index contributed by atoms with van der Waals surface area (Å²) >= 11 is 0. The molecule has 0 radical (unpaired) electrons. The molecule has 3 heterocycles. The van der Waals surface area contributed by atoms with E-state index in [4.69, 9.17) is 0 Å². The van der Waals surface area contributed by atoms with E-state index < -0.39 is 84.8 Å². The highest BCUT2D eigenvalue weighted by atomic mass is 31.1. The van der Waals surface area contributed by atoms with Crippen LogP contribution in [0.1, 0.15) is 0 Å². The van der Waals surface area contributed by atoms with Gasteiger partial charge in [0, 0.05) is 15.8 Å². The Kier molecular flexibility index (Phi) is 6.06. The molecule has 0 aromatic heterocycles. The van der Waals surface area contributed by atoms with Gasteiger partial charge >= 0.3 is 37.1 Å². The molecule has 0 amide bonds. The number of hydrogen-bond acceptors (Lipinski definition) is 0. The van der Waals surface area contributed by atoms with E-state index in [2.05, 4.69) is 0 Å². The molecule has 0 aromatic rings. The Labute approximate surface area is 165 Å². The van der Waals surface area contributed by atoms with Crippen molar-refractivity contribution < 1.29 is 79.0 Å². The van der Waals surface area contributed by atoms with E-state index >= 15 is 0 Å². The van der Waals surface area contributed by atoms with Crippen LogP contribution >= 0.6 is 15.8 Å². The van der Waals surface area contributed by atoms with Crippen molar-refractivity contribution in [3.8, 4) is 0 Å². The normalized spacial score (nSPS) is 24.2. The van der Waals surface area contributed by atoms with E-state index in [1.54, 1.807) is 0 Å². The van der Waals surface area contributed by atoms with Gasteiger partial charge in [0.25, 0.3) is 0 Å². The van der Waals surface area contributed by atoms with Gasteiger partial charge in [-0.15, -0.1) is 0 Å². The van der Waals surface area contributed by atoms with Gasteiger partial charge in [0.1, 0.15) is 0 Å². The minimum Gasteiger partial charge on any atom is -0.166 e. The van der Waals surface area contributed by atoms with Gasteiger partial charge in [-0.2, -0.15) is 79.0 Å². The molecule has 3 aliphatic heterocycles. The molecular formula is C12F18P2. The fourth-order valence-corrected chi connectivity index (χ4v) is 9.57. The Balaban J connectivity index is 3.28. The van der Waals surface area contributed by atoms with Crippen LogP contribution in [-0.2, 0) is 0 Å². The lowest BCUT2D eigenvalue weighted by atomic mass is 10.4. The van der Waals surface area contributed by atoms with E-state index in [9.17, 15) is 79.0 Å². The summed E-state index contributed by atoms with van der Waals surface area (Å²) < 4.78 is 239. The summed E-state index contributed by atoms with van der Waals surface area (Å²) in [4.78, 5) is 0. The van der Waals surface area contributed by atoms with E-state index in [1.165, 1.54) is 0 Å². The fourth-order valence-electron chi connectivity index (χ4n) is 2.87. The number of rotatable bonds is 0. The summed E-state index contributed by atoms with van der Waals surface area (Å²) in [5, 5.41) is -22.5. The molecule has 0 nitrogen and oxygen atoms in total. The molecule has 0 spiro atoms. The summed E-state index contributed by atoms with van der Waals surface area (Å²) in [6, 6.07) is 0. The molecule has 2 bridgehead atoms. The van der Waals surface area contributed by atoms with E-state index in [-0.39, 0.29) is 0 Å². The van der Waals surface area contributed by atoms with Crippen molar-refractivity contribution in [1.82, 2.24) is 0 Å². The van der Waals surface area contributed by atoms with Crippen molar-refractivity contribution in [2.45, 2.75) is 37.1 Å². The predicted molar refractivity (Wildman–Crippen MR) is 71.2 cm³/mol. The average Bonchev–Trinajstić information content (AvgIpc) is 2.46. The van der Waals surface area contributed by atoms with E-state index in [1.807, 2.05) is 0 Å². The van der Waals surface area contributed by atoms with Gasteiger partial charge in [-0.1, -0.05) is 0 Å². The van der Waals surface area contributed by atoms with Crippen LogP contribution in [0.15, 0.2) is 31.9 Å². The topological polar surface area (TPSA) is 0 Å². The smallest absolute Gasteiger partial charge is 0.166 e. The first-order valence-corrected chi connectivity index (χ1v) is 9.68. The lowest BCUT2D eigenvalue weighted by molar-refractivity contribution is -0.117. The van der Waals surface area contributed by atoms with Crippen molar-refractivity contribution in [2.75, 3.05) is 0 Å². The zero-order valence-electron chi connectivity index (χ0n) is 13.7. The van der Waals surface area contributed by atoms with E-state index in [0.717, 1.165) is 0 Å². The molecule has 0 saturated heterocycles. The molecule has 32 heavy (non-hydrogen) atoms. The van der Waals surface area contributed by atoms with Crippen LogP contribution in [0, 0.1) is 0 Å². The SMILES string of the molecule is FC(F)(F)C1=C(C(F)(F)F)P2C(C(F)(F)F)=C(C(F)(F)F)P1C(C(F)(F)F)=C2C(F)(F)F. The molecular weight excluding hydrogens is 548 g/mol. The zero-order chi connectivity index (χ0) is 25.6. The Morgan fingerprint density at radius 2 is 0.344 bits per heavy atom. The maximum atomic E-state index is 13.3. The van der Waals surface area contributed by atoms with Gasteiger partial charge in [-0.25, -0.2) is 0 Å². The fraction of sp³-hybridized carbons (Fsp3) is 0.500. The first-order valence-electron chi connectivity index (χ1n) is 6.99. The van der Waals surface area contributed by atoms with Crippen molar-refractivity contribution >= 4 is 15.8 Å². The summed E-state index contributed by atoms with van der Waals surface area (Å²) in [5.41, 5.74) is 0. The first-order chi connectivity index (χ1) is 13.7. The molecule has 0 fully saturated rings. The van der Waals surface area contributed by atoms with Crippen molar-refractivity contribution in [3.05, 3.63) is 31.9 Å². The van der Waals surface area contributed by atoms with Crippen molar-refractivity contribution in [1.29, 1.82) is 0 Å². The average molecular weight is 548 g/mol. The second kappa shape index (κ2) is 7.16. The zero-order valence-corrected chi connectivity index (χ0v) is 15.5. The molecule has 20 heteroatoms. The molecule has 184 valence electrons. The third-order valence-electron chi connectivity index (χ3n) is 3.63. The molecule has 3 aliphatic rings. The second-order valence-corrected chi connectivity index (χ2v) is 9.77. The van der Waals surface area contributed by atoms with Gasteiger partial charge < -0.3 is 0 Å². The quantitative estimate of drug-likeness (QED) is 0.210. The number of allylic oxidation sites excluding steroid dienone is 6. The summed E-state index contributed by atoms with van der Waals surface area (Å²) in [6.07, 6.45) is -40.7. The third-order valence-corrected chi connectivity index (χ3v) is 9.70. The van der Waals surface area contributed by atoms with Crippen molar-refractivity contribution in [2.24, 2.45) is 0 Å². The van der Waals surface area contributed by atoms with Crippen LogP contribution in [-0.4, -0.2) is 37.1 Å². The number of hydrogen-bond donors (Lipinski definition) is 0. The van der Waals surface area contributed by atoms with Crippen molar-refractivity contribution in [3.63, 3.8) is 0 Å². The maximum Gasteiger partial charge on any atom is 0.418 e. The molecule has 0 unspecified atom stereocenters. The lowest BCUT2D eigenvalue weighted by Crippen LogP contribution is -2.38. The van der Waals surface area contributed by atoms with Crippen LogP contribution in [0.5, 0.6) is 0 Å². The third kappa shape index (κ3) is 4.45. The summed E-state index contributed by atoms with van der Waals surface area (Å²) in [6.45, 7) is 0. The van der Waals surface area contributed by atoms with Crippen LogP contribution in [0.3, 0.4) is 0 Å². The van der Waals surface area contributed by atoms with Crippen LogP contribution in [0.2, 0.25) is 0 Å². The van der Waals surface area contributed by atoms with Crippen LogP contribution in [0.25, 0.3) is 0 Å². The summed E-state index contributed by atoms with van der Waals surface area (Å²) in [7, 11) is -12.1. The standard InChI is InChI=1S/C12F18P2/c13-7(14,15)1-2(8(16,17)18)32-5(11(25,26)27)3(9(19,20)21)31(1)4(10(22,23)24)6(32)12(28,29)30. The Morgan fingerprint density at radius 1 is 0.250 bits per heavy atom. The molecule has 0 N–H and O–H groups in total. The maximum absolute atomic E-state index is 13.3. The largest absolute Gasteiger partial charge is 0.418 e. The highest BCUT2D eigenvalue weighted by Gasteiger charge is 2.72. The Hall–Kier alpha value is -1.18. The molecule has 0 saturated carbocycles. The number of alkyl halides is 18. The molecule has 3 rings (SSSR count). The lowest BCUT2D eigenvalue weighted by Gasteiger charge is -2.47. The first kappa shape index (κ1) is 27.1. The van der Waals surface area contributed by atoms with Gasteiger partial charge in [0.2, 0.25) is 0 Å². The highest BCUT2D eigenvalue weighted by molar-refractivity contribution is 7.81. The highest BCUT2D eigenvalue weighted by Crippen LogP contribution is 2.90. The predicted octanol–water partition coefficient (Wildman–Crippen LogP) is 8.99. The number of halogens is 18. The van der Waals surface area contributed by atoms with Gasteiger partial charge in [-0.3, -0.25) is 0 Å². The minimum absolute atomic E-state index is 3.76. The van der Waals surface area contributed by atoms with Gasteiger partial charge in [0.05, 0.1) is 31.9 Å². The van der Waals surface area contributed by atoms with Crippen LogP contribution in [0.4, 0.5) is 79.0 Å². The molecule has 0 atom stereocenters. The molecule has 0 aromatic carbocycles. The van der Waals surface area contributed by atoms with E-state index in [0.29, 0.717) is 0 Å². The second-order valence-electron chi connectivity index (χ2n) is 5.75. The Bertz CT molecular complexity index is 702. The molecule has 0 aliphatic carbocycles.